The first kappa shape index (κ1) is 11.5. The number of carbonyl (C=O) groups is 2. The number of nitrogens with zero attached hydrogens (tertiary/aromatic N) is 1. The molecule has 0 rings (SSSR count). The van der Waals surface area contributed by atoms with Gasteiger partial charge in [-0.1, -0.05) is 6.92 Å². The molecule has 0 fully saturated rings. The van der Waals surface area contributed by atoms with Gasteiger partial charge < -0.3 is 9.64 Å². The fraction of sp³-hybridized carbons (Fsp3) is 0.556. The first-order valence-corrected chi connectivity index (χ1v) is 3.82. The summed E-state index contributed by atoms with van der Waals surface area (Å²) in [6.45, 7) is 1.95. The highest BCUT2D eigenvalue weighted by Gasteiger charge is 2.17. The number of rotatable bonds is 3. The van der Waals surface area contributed by atoms with Crippen LogP contribution in [0.4, 0.5) is 0 Å². The molecule has 0 aromatic heterocycles. The number of hydrogen-bond donors (Lipinski definition) is 0. The van der Waals surface area contributed by atoms with Gasteiger partial charge in [-0.2, -0.15) is 0 Å². The lowest BCUT2D eigenvalue weighted by molar-refractivity contribution is -0.145. The highest BCUT2D eigenvalue weighted by molar-refractivity contribution is 5.92. The maximum Gasteiger partial charge on any atom is 0.310 e. The van der Waals surface area contributed by atoms with Crippen molar-refractivity contribution in [1.29, 1.82) is 0 Å². The number of terminal acetylenes is 1. The largest absolute Gasteiger partial charge is 0.469 e. The molecule has 13 heavy (non-hydrogen) atoms. The van der Waals surface area contributed by atoms with Crippen molar-refractivity contribution in [2.45, 2.75) is 6.92 Å². The Bertz CT molecular complexity index is 242. The van der Waals surface area contributed by atoms with E-state index in [1.165, 1.54) is 12.0 Å². The normalized spacial score (nSPS) is 11.2. The van der Waals surface area contributed by atoms with Gasteiger partial charge in [0.25, 0.3) is 5.91 Å². The Morgan fingerprint density at radius 3 is 2.54 bits per heavy atom. The zero-order chi connectivity index (χ0) is 10.4. The lowest BCUT2D eigenvalue weighted by Crippen LogP contribution is -2.33. The van der Waals surface area contributed by atoms with Gasteiger partial charge in [-0.05, 0) is 5.92 Å². The first-order valence-electron chi connectivity index (χ1n) is 3.82. The highest BCUT2D eigenvalue weighted by atomic mass is 16.5. The Morgan fingerprint density at radius 2 is 2.15 bits per heavy atom. The van der Waals surface area contributed by atoms with E-state index in [0.29, 0.717) is 0 Å². The molecule has 0 aliphatic carbocycles. The molecule has 0 saturated carbocycles. The molecule has 0 spiro atoms. The maximum absolute atomic E-state index is 10.9. The molecule has 4 heteroatoms. The number of methoxy groups -OCH3 is 1. The van der Waals surface area contributed by atoms with Crippen molar-refractivity contribution in [2.75, 3.05) is 20.7 Å². The second-order valence-corrected chi connectivity index (χ2v) is 2.75. The zero-order valence-corrected chi connectivity index (χ0v) is 8.03. The quantitative estimate of drug-likeness (QED) is 0.453. The minimum Gasteiger partial charge on any atom is -0.469 e. The average molecular weight is 183 g/mol. The number of carbonyl (C=O) groups excluding carboxylic acids is 2. The number of ether oxygens (including phenoxy) is 1. The summed E-state index contributed by atoms with van der Waals surface area (Å²) in [5.41, 5.74) is 0. The van der Waals surface area contributed by atoms with Gasteiger partial charge in [0.05, 0.1) is 13.0 Å². The fourth-order valence-electron chi connectivity index (χ4n) is 0.880. The van der Waals surface area contributed by atoms with E-state index in [2.05, 4.69) is 4.74 Å². The molecule has 1 amide bonds. The van der Waals surface area contributed by atoms with Crippen LogP contribution in [0.3, 0.4) is 0 Å². The van der Waals surface area contributed by atoms with Crippen LogP contribution in [0.1, 0.15) is 6.92 Å². The van der Waals surface area contributed by atoms with Crippen LogP contribution in [0.15, 0.2) is 0 Å². The molecule has 0 radical (unpaired) electrons. The van der Waals surface area contributed by atoms with Crippen LogP contribution < -0.4 is 0 Å². The Hall–Kier alpha value is -1.50. The Morgan fingerprint density at radius 1 is 1.62 bits per heavy atom. The Labute approximate surface area is 77.9 Å². The molecule has 0 bridgehead atoms. The van der Waals surface area contributed by atoms with Crippen molar-refractivity contribution in [3.63, 3.8) is 0 Å². The summed E-state index contributed by atoms with van der Waals surface area (Å²) in [5.74, 6) is 0.823. The van der Waals surface area contributed by atoms with E-state index in [-0.39, 0.29) is 18.4 Å². The summed E-state index contributed by atoms with van der Waals surface area (Å²) < 4.78 is 4.50. The summed E-state index contributed by atoms with van der Waals surface area (Å²) in [5, 5.41) is 0. The molecular weight excluding hydrogens is 170 g/mol. The molecule has 0 heterocycles. The molecule has 0 aromatic carbocycles. The minimum atomic E-state index is -0.434. The van der Waals surface area contributed by atoms with Crippen molar-refractivity contribution < 1.29 is 14.3 Å². The maximum atomic E-state index is 10.9. The Kier molecular flexibility index (Phi) is 4.60. The molecule has 0 aliphatic rings. The second kappa shape index (κ2) is 5.20. The lowest BCUT2D eigenvalue weighted by Gasteiger charge is -2.17. The number of amides is 1. The monoisotopic (exact) mass is 183 g/mol. The standard InChI is InChI=1S/C9H13NO3/c1-5-8(11)10(3)6-7(2)9(12)13-4/h1,7H,6H2,2-4H3. The van der Waals surface area contributed by atoms with Crippen LogP contribution in [0.5, 0.6) is 0 Å². The van der Waals surface area contributed by atoms with Crippen molar-refractivity contribution in [3.8, 4) is 12.3 Å². The van der Waals surface area contributed by atoms with Gasteiger partial charge in [0.15, 0.2) is 0 Å². The molecule has 4 nitrogen and oxygen atoms in total. The average Bonchev–Trinajstić information content (AvgIpc) is 2.14. The molecule has 0 aliphatic heterocycles. The van der Waals surface area contributed by atoms with E-state index >= 15 is 0 Å². The third-order valence-corrected chi connectivity index (χ3v) is 1.62. The molecular formula is C9H13NO3. The van der Waals surface area contributed by atoms with Crippen molar-refractivity contribution in [2.24, 2.45) is 5.92 Å². The second-order valence-electron chi connectivity index (χ2n) is 2.75. The lowest BCUT2D eigenvalue weighted by atomic mass is 10.2. The van der Waals surface area contributed by atoms with Crippen LogP contribution in [-0.4, -0.2) is 37.5 Å². The molecule has 0 N–H and O–H groups in total. The summed E-state index contributed by atoms with van der Waals surface area (Å²) in [6, 6.07) is 0. The van der Waals surface area contributed by atoms with E-state index in [0.717, 1.165) is 0 Å². The van der Waals surface area contributed by atoms with Gasteiger partial charge in [-0.3, -0.25) is 9.59 Å². The van der Waals surface area contributed by atoms with E-state index in [1.807, 2.05) is 5.92 Å². The van der Waals surface area contributed by atoms with Gasteiger partial charge in [0.1, 0.15) is 0 Å². The van der Waals surface area contributed by atoms with E-state index < -0.39 is 5.91 Å². The van der Waals surface area contributed by atoms with Crippen molar-refractivity contribution in [1.82, 2.24) is 4.90 Å². The molecule has 1 atom stereocenters. The Balaban J connectivity index is 4.07. The fourth-order valence-corrected chi connectivity index (χ4v) is 0.880. The molecule has 0 saturated heterocycles. The van der Waals surface area contributed by atoms with E-state index in [4.69, 9.17) is 6.42 Å². The number of hydrogen-bond acceptors (Lipinski definition) is 3. The first-order chi connectivity index (χ1) is 6.02. The van der Waals surface area contributed by atoms with Crippen LogP contribution in [0.25, 0.3) is 0 Å². The summed E-state index contributed by atoms with van der Waals surface area (Å²) in [7, 11) is 2.85. The summed E-state index contributed by atoms with van der Waals surface area (Å²) >= 11 is 0. The predicted molar refractivity (Wildman–Crippen MR) is 47.7 cm³/mol. The van der Waals surface area contributed by atoms with Gasteiger partial charge in [0.2, 0.25) is 0 Å². The number of esters is 1. The van der Waals surface area contributed by atoms with Crippen molar-refractivity contribution >= 4 is 11.9 Å². The van der Waals surface area contributed by atoms with Crippen LogP contribution in [0, 0.1) is 18.3 Å². The minimum absolute atomic E-state index is 0.274. The summed E-state index contributed by atoms with van der Waals surface area (Å²) in [4.78, 5) is 23.1. The predicted octanol–water partition coefficient (Wildman–Crippen LogP) is -0.113. The third kappa shape index (κ3) is 3.61. The summed E-state index contributed by atoms with van der Waals surface area (Å²) in [6.07, 6.45) is 4.90. The smallest absolute Gasteiger partial charge is 0.310 e. The topological polar surface area (TPSA) is 46.6 Å². The van der Waals surface area contributed by atoms with Crippen LogP contribution in [0.2, 0.25) is 0 Å². The van der Waals surface area contributed by atoms with E-state index in [1.54, 1.807) is 14.0 Å². The van der Waals surface area contributed by atoms with Crippen molar-refractivity contribution in [3.05, 3.63) is 0 Å². The molecule has 72 valence electrons. The zero-order valence-electron chi connectivity index (χ0n) is 8.03. The SMILES string of the molecule is C#CC(=O)N(C)CC(C)C(=O)OC. The van der Waals surface area contributed by atoms with Gasteiger partial charge in [-0.25, -0.2) is 0 Å². The molecule has 1 unspecified atom stereocenters. The van der Waals surface area contributed by atoms with Gasteiger partial charge in [0, 0.05) is 13.6 Å². The van der Waals surface area contributed by atoms with Gasteiger partial charge >= 0.3 is 5.97 Å². The van der Waals surface area contributed by atoms with Crippen LogP contribution >= 0.6 is 0 Å². The third-order valence-electron chi connectivity index (χ3n) is 1.62. The van der Waals surface area contributed by atoms with E-state index in [9.17, 15) is 9.59 Å². The van der Waals surface area contributed by atoms with Gasteiger partial charge in [-0.15, -0.1) is 6.42 Å². The van der Waals surface area contributed by atoms with Crippen LogP contribution in [-0.2, 0) is 14.3 Å². The highest BCUT2D eigenvalue weighted by Crippen LogP contribution is 2.00. The molecule has 0 aromatic rings.